The monoisotopic (exact) mass is 441 g/mol. The third kappa shape index (κ3) is 4.92. The highest BCUT2D eigenvalue weighted by atomic mass is 32.2. The maximum Gasteiger partial charge on any atom is 0.261 e. The minimum atomic E-state index is -0.282. The summed E-state index contributed by atoms with van der Waals surface area (Å²) in [5, 5.41) is 0. The third-order valence-electron chi connectivity index (χ3n) is 5.33. The zero-order valence-electron chi connectivity index (χ0n) is 18.5. The van der Waals surface area contributed by atoms with Crippen molar-refractivity contribution in [3.8, 4) is 0 Å². The van der Waals surface area contributed by atoms with Gasteiger partial charge < -0.3 is 0 Å². The van der Waals surface area contributed by atoms with E-state index in [1.165, 1.54) is 4.90 Å². The number of amides is 2. The minimum Gasteiger partial charge on any atom is -0.274 e. The molecule has 4 heteroatoms. The number of benzene rings is 2. The summed E-state index contributed by atoms with van der Waals surface area (Å²) in [5.41, 5.74) is 3.72. The summed E-state index contributed by atoms with van der Waals surface area (Å²) >= 11 is 1.62. The normalized spacial score (nSPS) is 15.4. The second-order valence-corrected chi connectivity index (χ2v) is 8.43. The van der Waals surface area contributed by atoms with Gasteiger partial charge in [-0.25, -0.2) is 0 Å². The highest BCUT2D eigenvalue weighted by Crippen LogP contribution is 2.38. The van der Waals surface area contributed by atoms with Crippen LogP contribution >= 0.6 is 11.8 Å². The fourth-order valence-corrected chi connectivity index (χ4v) is 4.60. The van der Waals surface area contributed by atoms with Crippen molar-refractivity contribution >= 4 is 29.1 Å². The first-order valence-electron chi connectivity index (χ1n) is 10.5. The van der Waals surface area contributed by atoms with Gasteiger partial charge in [-0.15, -0.1) is 0 Å². The molecule has 0 saturated heterocycles. The van der Waals surface area contributed by atoms with Crippen LogP contribution < -0.4 is 0 Å². The quantitative estimate of drug-likeness (QED) is 0.257. The molecular formula is C28H27NO2S. The van der Waals surface area contributed by atoms with Crippen LogP contribution in [0.3, 0.4) is 0 Å². The predicted molar refractivity (Wildman–Crippen MR) is 134 cm³/mol. The number of fused-ring (bicyclic) bond motifs is 1. The lowest BCUT2D eigenvalue weighted by Gasteiger charge is -2.30. The van der Waals surface area contributed by atoms with Crippen LogP contribution in [0.25, 0.3) is 5.57 Å². The van der Waals surface area contributed by atoms with Gasteiger partial charge in [-0.2, -0.15) is 0 Å². The predicted octanol–water partition coefficient (Wildman–Crippen LogP) is 6.78. The summed E-state index contributed by atoms with van der Waals surface area (Å²) in [6, 6.07) is 13.9. The SMILES string of the molecule is C=C/C=C\C(=C/C)CCN1C(=O)/C(=C/C=C)c2c(ccc(Sc3ccccc3)c2C)C1=O. The Morgan fingerprint density at radius 1 is 1.03 bits per heavy atom. The van der Waals surface area contributed by atoms with E-state index in [2.05, 4.69) is 13.2 Å². The molecule has 0 fully saturated rings. The maximum absolute atomic E-state index is 13.4. The van der Waals surface area contributed by atoms with Crippen molar-refractivity contribution < 1.29 is 9.59 Å². The topological polar surface area (TPSA) is 37.4 Å². The molecule has 1 aliphatic heterocycles. The summed E-state index contributed by atoms with van der Waals surface area (Å²) in [7, 11) is 0. The van der Waals surface area contributed by atoms with Crippen molar-refractivity contribution in [2.75, 3.05) is 6.54 Å². The van der Waals surface area contributed by atoms with Gasteiger partial charge in [0.25, 0.3) is 11.8 Å². The molecule has 0 N–H and O–H groups in total. The second kappa shape index (κ2) is 10.8. The van der Waals surface area contributed by atoms with E-state index < -0.39 is 0 Å². The van der Waals surface area contributed by atoms with E-state index in [4.69, 9.17) is 0 Å². The number of rotatable bonds is 8. The fourth-order valence-electron chi connectivity index (χ4n) is 3.67. The molecule has 3 rings (SSSR count). The molecule has 0 spiro atoms. The summed E-state index contributed by atoms with van der Waals surface area (Å²) in [5.74, 6) is -0.538. The van der Waals surface area contributed by atoms with Gasteiger partial charge in [0.05, 0.1) is 0 Å². The van der Waals surface area contributed by atoms with Crippen LogP contribution in [0.4, 0.5) is 0 Å². The molecule has 162 valence electrons. The van der Waals surface area contributed by atoms with Crippen LogP contribution in [0.15, 0.2) is 107 Å². The van der Waals surface area contributed by atoms with E-state index in [9.17, 15) is 9.59 Å². The maximum atomic E-state index is 13.4. The van der Waals surface area contributed by atoms with Crippen LogP contribution in [-0.4, -0.2) is 23.3 Å². The highest BCUT2D eigenvalue weighted by molar-refractivity contribution is 7.99. The van der Waals surface area contributed by atoms with Crippen molar-refractivity contribution in [3.05, 3.63) is 114 Å². The zero-order valence-corrected chi connectivity index (χ0v) is 19.3. The van der Waals surface area contributed by atoms with E-state index in [0.717, 1.165) is 20.9 Å². The standard InChI is InChI=1S/C28H27NO2S/c1-5-8-13-21(7-3)18-19-29-27(30)23(12-6-2)26-20(4)25(17-16-24(26)28(29)31)32-22-14-10-9-11-15-22/h5-17H,1-2,18-19H2,3-4H3/b13-8-,21-7+,23-12+. The summed E-state index contributed by atoms with van der Waals surface area (Å²) < 4.78 is 0. The van der Waals surface area contributed by atoms with E-state index in [-0.39, 0.29) is 11.8 Å². The lowest BCUT2D eigenvalue weighted by molar-refractivity contribution is -0.122. The Bertz CT molecular complexity index is 1140. The number of carbonyl (C=O) groups is 2. The van der Waals surface area contributed by atoms with Crippen molar-refractivity contribution in [2.24, 2.45) is 0 Å². The molecule has 32 heavy (non-hydrogen) atoms. The first-order chi connectivity index (χ1) is 15.5. The lowest BCUT2D eigenvalue weighted by atomic mass is 9.89. The largest absolute Gasteiger partial charge is 0.274 e. The van der Waals surface area contributed by atoms with Gasteiger partial charge in [-0.05, 0) is 56.2 Å². The highest BCUT2D eigenvalue weighted by Gasteiger charge is 2.35. The van der Waals surface area contributed by atoms with E-state index >= 15 is 0 Å². The van der Waals surface area contributed by atoms with Crippen LogP contribution in [-0.2, 0) is 4.79 Å². The Kier molecular flexibility index (Phi) is 7.85. The van der Waals surface area contributed by atoms with Crippen molar-refractivity contribution in [3.63, 3.8) is 0 Å². The van der Waals surface area contributed by atoms with Crippen LogP contribution in [0.2, 0.25) is 0 Å². The van der Waals surface area contributed by atoms with E-state index in [0.29, 0.717) is 29.7 Å². The number of imide groups is 1. The summed E-state index contributed by atoms with van der Waals surface area (Å²) in [6.07, 6.45) is 11.4. The lowest BCUT2D eigenvalue weighted by Crippen LogP contribution is -2.42. The zero-order chi connectivity index (χ0) is 23.1. The molecule has 0 atom stereocenters. The van der Waals surface area contributed by atoms with Crippen molar-refractivity contribution in [2.45, 2.75) is 30.1 Å². The van der Waals surface area contributed by atoms with E-state index in [1.807, 2.05) is 74.5 Å². The third-order valence-corrected chi connectivity index (χ3v) is 6.50. The van der Waals surface area contributed by atoms with Gasteiger partial charge in [-0.1, -0.05) is 79.1 Å². The van der Waals surface area contributed by atoms with Crippen molar-refractivity contribution in [1.29, 1.82) is 0 Å². The van der Waals surface area contributed by atoms with Gasteiger partial charge in [-0.3, -0.25) is 14.5 Å². The first-order valence-corrected chi connectivity index (χ1v) is 11.3. The van der Waals surface area contributed by atoms with Crippen molar-refractivity contribution in [1.82, 2.24) is 4.90 Å². The molecule has 0 radical (unpaired) electrons. The average molecular weight is 442 g/mol. The smallest absolute Gasteiger partial charge is 0.261 e. The Morgan fingerprint density at radius 3 is 2.44 bits per heavy atom. The number of carbonyl (C=O) groups excluding carboxylic acids is 2. The van der Waals surface area contributed by atoms with Gasteiger partial charge in [0.1, 0.15) is 0 Å². The summed E-state index contributed by atoms with van der Waals surface area (Å²) in [4.78, 5) is 30.1. The molecule has 0 saturated carbocycles. The molecule has 0 aromatic heterocycles. The van der Waals surface area contributed by atoms with Gasteiger partial charge in [0, 0.05) is 33.0 Å². The molecule has 0 bridgehead atoms. The fraction of sp³-hybridized carbons (Fsp3) is 0.143. The summed E-state index contributed by atoms with van der Waals surface area (Å²) in [6.45, 7) is 11.7. The van der Waals surface area contributed by atoms with Gasteiger partial charge in [0.15, 0.2) is 0 Å². The number of hydrogen-bond acceptors (Lipinski definition) is 3. The van der Waals surface area contributed by atoms with Crippen LogP contribution in [0.1, 0.15) is 34.8 Å². The average Bonchev–Trinajstić information content (AvgIpc) is 2.80. The molecule has 0 aliphatic carbocycles. The second-order valence-electron chi connectivity index (χ2n) is 7.31. The van der Waals surface area contributed by atoms with Gasteiger partial charge >= 0.3 is 0 Å². The Balaban J connectivity index is 1.98. The molecular weight excluding hydrogens is 414 g/mol. The van der Waals surface area contributed by atoms with Crippen LogP contribution in [0.5, 0.6) is 0 Å². The Morgan fingerprint density at radius 2 is 1.78 bits per heavy atom. The minimum absolute atomic E-state index is 0.256. The number of allylic oxidation sites excluding steroid dienone is 6. The van der Waals surface area contributed by atoms with Crippen LogP contribution in [0, 0.1) is 6.92 Å². The Labute approximate surface area is 194 Å². The molecule has 1 aliphatic rings. The Hall–Kier alpha value is -3.37. The van der Waals surface area contributed by atoms with Gasteiger partial charge in [0.2, 0.25) is 0 Å². The molecule has 3 nitrogen and oxygen atoms in total. The molecule has 1 heterocycles. The number of nitrogens with zero attached hydrogens (tertiary/aromatic N) is 1. The first kappa shape index (κ1) is 23.3. The molecule has 2 aromatic rings. The number of hydrogen-bond donors (Lipinski definition) is 0. The molecule has 2 amide bonds. The molecule has 0 unspecified atom stereocenters. The van der Waals surface area contributed by atoms with E-state index in [1.54, 1.807) is 30.0 Å². The molecule has 2 aromatic carbocycles.